The van der Waals surface area contributed by atoms with Crippen LogP contribution in [0.25, 0.3) is 11.0 Å². The third-order valence-corrected chi connectivity index (χ3v) is 4.33. The normalized spacial score (nSPS) is 10.9. The largest absolute Gasteiger partial charge is 0.451 e. The molecule has 3 aromatic rings. The van der Waals surface area contributed by atoms with E-state index >= 15 is 0 Å². The SMILES string of the molecule is CCCCN(Cc1ccccc1C)C(=O)c1cc2ccccc2o1. The molecule has 1 aromatic heterocycles. The van der Waals surface area contributed by atoms with Crippen LogP contribution in [-0.4, -0.2) is 17.4 Å². The average molecular weight is 321 g/mol. The van der Waals surface area contributed by atoms with Crippen LogP contribution in [0.1, 0.15) is 41.4 Å². The number of hydrogen-bond acceptors (Lipinski definition) is 2. The van der Waals surface area contributed by atoms with Gasteiger partial charge in [-0.3, -0.25) is 4.79 Å². The van der Waals surface area contributed by atoms with Gasteiger partial charge in [0.2, 0.25) is 0 Å². The van der Waals surface area contributed by atoms with E-state index in [0.29, 0.717) is 12.3 Å². The maximum atomic E-state index is 13.0. The molecule has 0 unspecified atom stereocenters. The maximum absolute atomic E-state index is 13.0. The Morgan fingerprint density at radius 2 is 1.83 bits per heavy atom. The Morgan fingerprint density at radius 3 is 2.58 bits per heavy atom. The Morgan fingerprint density at radius 1 is 1.08 bits per heavy atom. The van der Waals surface area contributed by atoms with Gasteiger partial charge in [-0.2, -0.15) is 0 Å². The lowest BCUT2D eigenvalue weighted by Gasteiger charge is -2.22. The van der Waals surface area contributed by atoms with Crippen molar-refractivity contribution < 1.29 is 9.21 Å². The molecule has 0 aliphatic carbocycles. The molecule has 0 aliphatic heterocycles. The molecule has 3 heteroatoms. The highest BCUT2D eigenvalue weighted by molar-refractivity contribution is 5.96. The number of carbonyl (C=O) groups is 1. The smallest absolute Gasteiger partial charge is 0.289 e. The lowest BCUT2D eigenvalue weighted by Crippen LogP contribution is -2.31. The number of amides is 1. The van der Waals surface area contributed by atoms with Gasteiger partial charge in [-0.25, -0.2) is 0 Å². The Labute approximate surface area is 142 Å². The van der Waals surface area contributed by atoms with Gasteiger partial charge >= 0.3 is 0 Å². The Balaban J connectivity index is 1.86. The number of carbonyl (C=O) groups excluding carboxylic acids is 1. The molecule has 2 aromatic carbocycles. The van der Waals surface area contributed by atoms with E-state index in [2.05, 4.69) is 26.0 Å². The minimum Gasteiger partial charge on any atom is -0.451 e. The third kappa shape index (κ3) is 3.51. The molecule has 0 fully saturated rings. The summed E-state index contributed by atoms with van der Waals surface area (Å²) in [6.07, 6.45) is 2.04. The number of aryl methyl sites for hydroxylation is 1. The predicted molar refractivity (Wildman–Crippen MR) is 97.0 cm³/mol. The van der Waals surface area contributed by atoms with Crippen LogP contribution in [-0.2, 0) is 6.54 Å². The summed E-state index contributed by atoms with van der Waals surface area (Å²) in [5.74, 6) is 0.379. The van der Waals surface area contributed by atoms with Gasteiger partial charge in [0.25, 0.3) is 5.91 Å². The van der Waals surface area contributed by atoms with Crippen molar-refractivity contribution in [1.82, 2.24) is 4.90 Å². The molecular weight excluding hydrogens is 298 g/mol. The van der Waals surface area contributed by atoms with Crippen molar-refractivity contribution in [3.8, 4) is 0 Å². The summed E-state index contributed by atoms with van der Waals surface area (Å²) in [7, 11) is 0. The molecule has 0 spiro atoms. The number of para-hydroxylation sites is 1. The van der Waals surface area contributed by atoms with Crippen molar-refractivity contribution in [2.75, 3.05) is 6.54 Å². The fraction of sp³-hybridized carbons (Fsp3) is 0.286. The predicted octanol–water partition coefficient (Wildman–Crippen LogP) is 5.18. The van der Waals surface area contributed by atoms with Crippen molar-refractivity contribution in [3.63, 3.8) is 0 Å². The first-order chi connectivity index (χ1) is 11.7. The molecule has 0 saturated carbocycles. The molecule has 3 rings (SSSR count). The standard InChI is InChI=1S/C21H23NO2/c1-3-4-13-22(15-18-11-6-5-9-16(18)2)21(23)20-14-17-10-7-8-12-19(17)24-20/h5-12,14H,3-4,13,15H2,1-2H3. The van der Waals surface area contributed by atoms with Crippen molar-refractivity contribution in [1.29, 1.82) is 0 Å². The highest BCUT2D eigenvalue weighted by Gasteiger charge is 2.20. The Kier molecular flexibility index (Phi) is 4.99. The van der Waals surface area contributed by atoms with Crippen molar-refractivity contribution in [2.24, 2.45) is 0 Å². The summed E-state index contributed by atoms with van der Waals surface area (Å²) >= 11 is 0. The zero-order chi connectivity index (χ0) is 16.9. The van der Waals surface area contributed by atoms with Crippen LogP contribution in [0, 0.1) is 6.92 Å². The second kappa shape index (κ2) is 7.35. The maximum Gasteiger partial charge on any atom is 0.289 e. The van der Waals surface area contributed by atoms with Gasteiger partial charge in [-0.15, -0.1) is 0 Å². The van der Waals surface area contributed by atoms with Gasteiger partial charge in [0.05, 0.1) is 0 Å². The molecule has 24 heavy (non-hydrogen) atoms. The van der Waals surface area contributed by atoms with E-state index in [1.54, 1.807) is 0 Å². The van der Waals surface area contributed by atoms with E-state index < -0.39 is 0 Å². The van der Waals surface area contributed by atoms with E-state index in [1.165, 1.54) is 11.1 Å². The number of hydrogen-bond donors (Lipinski definition) is 0. The van der Waals surface area contributed by atoms with Crippen LogP contribution in [0.3, 0.4) is 0 Å². The van der Waals surface area contributed by atoms with Crippen molar-refractivity contribution in [2.45, 2.75) is 33.2 Å². The first kappa shape index (κ1) is 16.3. The van der Waals surface area contributed by atoms with E-state index in [1.807, 2.05) is 47.4 Å². The van der Waals surface area contributed by atoms with Crippen molar-refractivity contribution >= 4 is 16.9 Å². The monoisotopic (exact) mass is 321 g/mol. The summed E-state index contributed by atoms with van der Waals surface area (Å²) in [6.45, 7) is 5.57. The lowest BCUT2D eigenvalue weighted by atomic mass is 10.1. The molecule has 0 bridgehead atoms. The zero-order valence-corrected chi connectivity index (χ0v) is 14.3. The van der Waals surface area contributed by atoms with Gasteiger partial charge in [-0.1, -0.05) is 55.8 Å². The summed E-state index contributed by atoms with van der Waals surface area (Å²) in [4.78, 5) is 14.9. The minimum atomic E-state index is -0.0390. The topological polar surface area (TPSA) is 33.5 Å². The van der Waals surface area contributed by atoms with Crippen molar-refractivity contribution in [3.05, 3.63) is 71.5 Å². The van der Waals surface area contributed by atoms with Gasteiger partial charge < -0.3 is 9.32 Å². The summed E-state index contributed by atoms with van der Waals surface area (Å²) in [5.41, 5.74) is 3.14. The van der Waals surface area contributed by atoms with E-state index in [9.17, 15) is 4.79 Å². The molecule has 0 aliphatic rings. The molecule has 1 amide bonds. The quantitative estimate of drug-likeness (QED) is 0.626. The van der Waals surface area contributed by atoms with Gasteiger partial charge in [0, 0.05) is 18.5 Å². The third-order valence-electron chi connectivity index (χ3n) is 4.33. The van der Waals surface area contributed by atoms with Crippen LogP contribution in [0.2, 0.25) is 0 Å². The van der Waals surface area contributed by atoms with Gasteiger partial charge in [0.15, 0.2) is 5.76 Å². The highest BCUT2D eigenvalue weighted by Crippen LogP contribution is 2.21. The first-order valence-electron chi connectivity index (χ1n) is 8.51. The number of benzene rings is 2. The second-order valence-corrected chi connectivity index (χ2v) is 6.16. The number of furan rings is 1. The van der Waals surface area contributed by atoms with Gasteiger partial charge in [-0.05, 0) is 36.6 Å². The van der Waals surface area contributed by atoms with Crippen LogP contribution in [0.15, 0.2) is 59.0 Å². The number of rotatable bonds is 6. The summed E-state index contributed by atoms with van der Waals surface area (Å²) < 4.78 is 5.77. The summed E-state index contributed by atoms with van der Waals surface area (Å²) in [5, 5.41) is 0.965. The van der Waals surface area contributed by atoms with E-state index in [4.69, 9.17) is 4.42 Å². The van der Waals surface area contributed by atoms with Crippen LogP contribution < -0.4 is 0 Å². The molecule has 0 saturated heterocycles. The fourth-order valence-electron chi connectivity index (χ4n) is 2.84. The molecule has 0 atom stereocenters. The molecule has 124 valence electrons. The van der Waals surface area contributed by atoms with Crippen LogP contribution in [0.5, 0.6) is 0 Å². The zero-order valence-electron chi connectivity index (χ0n) is 14.3. The Hall–Kier alpha value is -2.55. The van der Waals surface area contributed by atoms with Gasteiger partial charge in [0.1, 0.15) is 5.58 Å². The van der Waals surface area contributed by atoms with E-state index in [0.717, 1.165) is 30.4 Å². The fourth-order valence-corrected chi connectivity index (χ4v) is 2.84. The summed E-state index contributed by atoms with van der Waals surface area (Å²) in [6, 6.07) is 17.8. The lowest BCUT2D eigenvalue weighted by molar-refractivity contribution is 0.0711. The molecule has 1 heterocycles. The van der Waals surface area contributed by atoms with Crippen LogP contribution in [0.4, 0.5) is 0 Å². The molecule has 3 nitrogen and oxygen atoms in total. The molecular formula is C21H23NO2. The molecule has 0 N–H and O–H groups in total. The first-order valence-corrected chi connectivity index (χ1v) is 8.51. The second-order valence-electron chi connectivity index (χ2n) is 6.16. The average Bonchev–Trinajstić information content (AvgIpc) is 3.03. The Bertz CT molecular complexity index is 801. The van der Waals surface area contributed by atoms with Crippen LogP contribution >= 0.6 is 0 Å². The number of fused-ring (bicyclic) bond motifs is 1. The number of nitrogens with zero attached hydrogens (tertiary/aromatic N) is 1. The number of unbranched alkanes of at least 4 members (excludes halogenated alkanes) is 1. The highest BCUT2D eigenvalue weighted by atomic mass is 16.3. The molecule has 0 radical (unpaired) electrons. The van der Waals surface area contributed by atoms with E-state index in [-0.39, 0.29) is 5.91 Å². The minimum absolute atomic E-state index is 0.0390.